The fourth-order valence-electron chi connectivity index (χ4n) is 3.66. The molecule has 172 valence electrons. The van der Waals surface area contributed by atoms with E-state index in [-0.39, 0.29) is 18.1 Å². The fraction of sp³-hybridized carbons (Fsp3) is 0.409. The van der Waals surface area contributed by atoms with E-state index in [4.69, 9.17) is 19.0 Å². The number of benzene rings is 1. The number of carbonyl (C=O) groups excluding carboxylic acids is 1. The summed E-state index contributed by atoms with van der Waals surface area (Å²) in [5.41, 5.74) is 1.53. The number of ether oxygens (including phenoxy) is 1. The number of anilines is 1. The van der Waals surface area contributed by atoms with Crippen LogP contribution in [0, 0.1) is 11.3 Å². The van der Waals surface area contributed by atoms with E-state index in [0.717, 1.165) is 6.42 Å². The molecule has 2 aromatic heterocycles. The number of hydrogen-bond donors (Lipinski definition) is 1. The van der Waals surface area contributed by atoms with Crippen LogP contribution in [0.25, 0.3) is 11.2 Å². The maximum absolute atomic E-state index is 12.6. The second-order valence-corrected chi connectivity index (χ2v) is 8.83. The second-order valence-electron chi connectivity index (χ2n) is 7.48. The first kappa shape index (κ1) is 23.2. The summed E-state index contributed by atoms with van der Waals surface area (Å²) in [6, 6.07) is 11.0. The summed E-state index contributed by atoms with van der Waals surface area (Å²) in [5, 5.41) is 11.5. The van der Waals surface area contributed by atoms with Gasteiger partial charge < -0.3 is 19.1 Å². The van der Waals surface area contributed by atoms with Crippen LogP contribution in [0.5, 0.6) is 0 Å². The molecule has 10 nitrogen and oxygen atoms in total. The first-order valence-corrected chi connectivity index (χ1v) is 12.3. The van der Waals surface area contributed by atoms with Gasteiger partial charge in [0.25, 0.3) is 5.91 Å². The van der Waals surface area contributed by atoms with Crippen molar-refractivity contribution in [1.82, 2.24) is 19.5 Å². The van der Waals surface area contributed by atoms with Crippen LogP contribution < -0.4 is 5.32 Å². The number of nitrogens with zero attached hydrogens (tertiary/aromatic N) is 5. The fourth-order valence-corrected chi connectivity index (χ4v) is 4.64. The summed E-state index contributed by atoms with van der Waals surface area (Å²) < 4.78 is 19.9. The number of fused-ring (bicyclic) bond motifs is 1. The lowest BCUT2D eigenvalue weighted by molar-refractivity contribution is -0.0293. The standard InChI is InChI=1S/C22H25N6O4P/c1-3-16-12-17(32-33(2)30-11-7-10-23)22(31-16)28-14-26-18-19(24-13-25-20(18)28)27-21(29)15-8-5-4-6-9-15/h4-6,8-9,13-14,16-17,22H,3,7,11-12H2,1-2H3,(H,24,25,27,29)/t16-,17?,22-,33?/m1/s1. The Morgan fingerprint density at radius 3 is 2.91 bits per heavy atom. The van der Waals surface area contributed by atoms with E-state index >= 15 is 0 Å². The maximum atomic E-state index is 12.6. The molecule has 1 aliphatic heterocycles. The van der Waals surface area contributed by atoms with Gasteiger partial charge in [0, 0.05) is 18.6 Å². The third-order valence-electron chi connectivity index (χ3n) is 5.27. The van der Waals surface area contributed by atoms with Crippen molar-refractivity contribution >= 4 is 31.3 Å². The average Bonchev–Trinajstić information content (AvgIpc) is 3.44. The van der Waals surface area contributed by atoms with Crippen molar-refractivity contribution in [2.45, 2.75) is 44.6 Å². The molecule has 1 N–H and O–H groups in total. The minimum atomic E-state index is -1.17. The number of amides is 1. The minimum absolute atomic E-state index is 0.0269. The van der Waals surface area contributed by atoms with E-state index < -0.39 is 14.6 Å². The number of nitrogens with one attached hydrogen (secondary N) is 1. The van der Waals surface area contributed by atoms with Gasteiger partial charge in [-0.25, -0.2) is 15.0 Å². The molecule has 1 fully saturated rings. The van der Waals surface area contributed by atoms with Gasteiger partial charge in [0.1, 0.15) is 12.4 Å². The van der Waals surface area contributed by atoms with E-state index in [1.54, 1.807) is 30.6 Å². The van der Waals surface area contributed by atoms with E-state index in [1.165, 1.54) is 6.33 Å². The molecule has 1 aromatic carbocycles. The number of nitriles is 1. The van der Waals surface area contributed by atoms with Crippen LogP contribution >= 0.6 is 8.38 Å². The number of rotatable bonds is 9. The highest BCUT2D eigenvalue weighted by Crippen LogP contribution is 2.44. The Kier molecular flexibility index (Phi) is 7.57. The van der Waals surface area contributed by atoms with Gasteiger partial charge in [0.15, 0.2) is 31.6 Å². The summed E-state index contributed by atoms with van der Waals surface area (Å²) >= 11 is 0. The molecule has 0 aliphatic carbocycles. The summed E-state index contributed by atoms with van der Waals surface area (Å²) in [4.78, 5) is 25.7. The smallest absolute Gasteiger partial charge is 0.256 e. The number of aromatic nitrogens is 4. The molecule has 4 rings (SSSR count). The Balaban J connectivity index is 1.56. The number of hydrogen-bond acceptors (Lipinski definition) is 8. The maximum Gasteiger partial charge on any atom is 0.256 e. The normalized spacial score (nSPS) is 21.1. The molecule has 1 amide bonds. The lowest BCUT2D eigenvalue weighted by Crippen LogP contribution is -2.21. The predicted octanol–water partition coefficient (Wildman–Crippen LogP) is 4.03. The van der Waals surface area contributed by atoms with Gasteiger partial charge in [-0.15, -0.1) is 0 Å². The minimum Gasteiger partial charge on any atom is -0.352 e. The van der Waals surface area contributed by atoms with Gasteiger partial charge >= 0.3 is 0 Å². The van der Waals surface area contributed by atoms with Gasteiger partial charge in [-0.2, -0.15) is 5.26 Å². The van der Waals surface area contributed by atoms with Crippen molar-refractivity contribution in [1.29, 1.82) is 5.26 Å². The van der Waals surface area contributed by atoms with Crippen LogP contribution in [-0.2, 0) is 13.8 Å². The topological polar surface area (TPSA) is 124 Å². The zero-order chi connectivity index (χ0) is 23.2. The van der Waals surface area contributed by atoms with Crippen molar-refractivity contribution in [2.24, 2.45) is 0 Å². The van der Waals surface area contributed by atoms with Crippen molar-refractivity contribution in [3.63, 3.8) is 0 Å². The average molecular weight is 468 g/mol. The van der Waals surface area contributed by atoms with Crippen LogP contribution in [0.4, 0.5) is 5.82 Å². The second kappa shape index (κ2) is 10.8. The highest BCUT2D eigenvalue weighted by atomic mass is 31.2. The zero-order valence-electron chi connectivity index (χ0n) is 18.4. The van der Waals surface area contributed by atoms with Crippen molar-refractivity contribution < 1.29 is 18.6 Å². The molecule has 3 aromatic rings. The van der Waals surface area contributed by atoms with Gasteiger partial charge in [0.2, 0.25) is 0 Å². The van der Waals surface area contributed by atoms with Crippen LogP contribution in [0.2, 0.25) is 0 Å². The molecule has 4 atom stereocenters. The first-order valence-electron chi connectivity index (χ1n) is 10.7. The van der Waals surface area contributed by atoms with Gasteiger partial charge in [-0.05, 0) is 18.6 Å². The lowest BCUT2D eigenvalue weighted by Gasteiger charge is -2.23. The monoisotopic (exact) mass is 468 g/mol. The van der Waals surface area contributed by atoms with Gasteiger partial charge in [-0.3, -0.25) is 9.36 Å². The lowest BCUT2D eigenvalue weighted by atomic mass is 10.1. The molecule has 33 heavy (non-hydrogen) atoms. The summed E-state index contributed by atoms with van der Waals surface area (Å²) in [6.45, 7) is 4.27. The quantitative estimate of drug-likeness (QED) is 0.369. The van der Waals surface area contributed by atoms with E-state index in [0.29, 0.717) is 42.0 Å². The largest absolute Gasteiger partial charge is 0.352 e. The number of carbonyl (C=O) groups is 1. The van der Waals surface area contributed by atoms with Crippen LogP contribution in [0.15, 0.2) is 43.0 Å². The number of imidazole rings is 1. The third kappa shape index (κ3) is 5.34. The molecule has 0 bridgehead atoms. The van der Waals surface area contributed by atoms with Crippen molar-refractivity contribution in [3.8, 4) is 6.07 Å². The van der Waals surface area contributed by atoms with Crippen molar-refractivity contribution in [3.05, 3.63) is 48.5 Å². The Hall–Kier alpha value is -2.96. The summed E-state index contributed by atoms with van der Waals surface area (Å²) in [6.07, 6.45) is 4.20. The molecule has 0 saturated carbocycles. The van der Waals surface area contributed by atoms with E-state index in [9.17, 15) is 4.79 Å². The third-order valence-corrected chi connectivity index (χ3v) is 6.39. The van der Waals surface area contributed by atoms with Crippen LogP contribution in [0.1, 0.15) is 42.8 Å². The van der Waals surface area contributed by atoms with E-state index in [1.807, 2.05) is 17.3 Å². The van der Waals surface area contributed by atoms with Crippen LogP contribution in [0.3, 0.4) is 0 Å². The van der Waals surface area contributed by atoms with Crippen LogP contribution in [-0.4, -0.2) is 50.9 Å². The first-order chi connectivity index (χ1) is 16.1. The molecular weight excluding hydrogens is 443 g/mol. The molecule has 1 aliphatic rings. The highest BCUT2D eigenvalue weighted by molar-refractivity contribution is 7.46. The summed E-state index contributed by atoms with van der Waals surface area (Å²) in [7, 11) is -1.17. The highest BCUT2D eigenvalue weighted by Gasteiger charge is 2.39. The molecule has 1 saturated heterocycles. The predicted molar refractivity (Wildman–Crippen MR) is 122 cm³/mol. The molecule has 3 heterocycles. The summed E-state index contributed by atoms with van der Waals surface area (Å²) in [5.74, 6) is 0.0494. The Labute approximate surface area is 192 Å². The van der Waals surface area contributed by atoms with E-state index in [2.05, 4.69) is 33.3 Å². The molecule has 2 unspecified atom stereocenters. The molecular formula is C22H25N6O4P. The van der Waals surface area contributed by atoms with Gasteiger partial charge in [-0.1, -0.05) is 25.1 Å². The molecule has 11 heteroatoms. The Bertz CT molecular complexity index is 1130. The Morgan fingerprint density at radius 1 is 1.33 bits per heavy atom. The zero-order valence-corrected chi connectivity index (χ0v) is 19.3. The SMILES string of the molecule is CC[C@@H]1CC(OP(C)OCCC#N)[C@H](n2cnc3c(NC(=O)c4ccccc4)ncnc32)O1. The van der Waals surface area contributed by atoms with Crippen molar-refractivity contribution in [2.75, 3.05) is 18.6 Å². The Morgan fingerprint density at radius 2 is 2.15 bits per heavy atom. The molecule has 0 radical (unpaired) electrons. The van der Waals surface area contributed by atoms with Gasteiger partial charge in [0.05, 0.1) is 31.5 Å². The molecule has 0 spiro atoms.